The van der Waals surface area contributed by atoms with Gasteiger partial charge in [-0.3, -0.25) is 4.79 Å². The first kappa shape index (κ1) is 16.2. The lowest BCUT2D eigenvalue weighted by molar-refractivity contribution is -0.117. The summed E-state index contributed by atoms with van der Waals surface area (Å²) in [6, 6.07) is 6.44. The molecule has 2 aromatic rings. The van der Waals surface area contributed by atoms with E-state index in [2.05, 4.69) is 10.1 Å². The molecule has 0 aliphatic rings. The minimum Gasteiger partial charge on any atom is -0.369 e. The van der Waals surface area contributed by atoms with Crippen LogP contribution in [0.1, 0.15) is 25.7 Å². The number of hydrogen-bond acceptors (Lipinski definition) is 5. The fourth-order valence-electron chi connectivity index (χ4n) is 2.01. The number of carbonyl (C=O) groups is 1. The van der Waals surface area contributed by atoms with Crippen LogP contribution in [0.25, 0.3) is 11.4 Å². The SMILES string of the molecule is CC(C)n1nc(CC(N)=O)nc1-c1ccc(S(C)(=O)=O)cc1. The van der Waals surface area contributed by atoms with Gasteiger partial charge in [0, 0.05) is 17.9 Å². The van der Waals surface area contributed by atoms with Crippen molar-refractivity contribution < 1.29 is 13.2 Å². The van der Waals surface area contributed by atoms with E-state index in [0.29, 0.717) is 11.6 Å². The van der Waals surface area contributed by atoms with Gasteiger partial charge < -0.3 is 5.73 Å². The first-order valence-corrected chi connectivity index (χ1v) is 8.62. The normalized spacial score (nSPS) is 11.8. The van der Waals surface area contributed by atoms with Gasteiger partial charge >= 0.3 is 0 Å². The van der Waals surface area contributed by atoms with E-state index in [1.54, 1.807) is 16.8 Å². The van der Waals surface area contributed by atoms with E-state index in [4.69, 9.17) is 5.73 Å². The zero-order chi connectivity index (χ0) is 16.5. The Morgan fingerprint density at radius 3 is 2.32 bits per heavy atom. The van der Waals surface area contributed by atoms with Crippen molar-refractivity contribution in [3.63, 3.8) is 0 Å². The summed E-state index contributed by atoms with van der Waals surface area (Å²) in [4.78, 5) is 15.6. The number of aromatic nitrogens is 3. The van der Waals surface area contributed by atoms with Crippen molar-refractivity contribution in [2.75, 3.05) is 6.26 Å². The molecule has 0 spiro atoms. The number of nitrogens with two attached hydrogens (primary N) is 1. The molecular formula is C14H18N4O3S. The molecule has 8 heteroatoms. The van der Waals surface area contributed by atoms with E-state index in [1.165, 1.54) is 12.1 Å². The number of carbonyl (C=O) groups excluding carboxylic acids is 1. The van der Waals surface area contributed by atoms with Gasteiger partial charge in [0.1, 0.15) is 0 Å². The van der Waals surface area contributed by atoms with Gasteiger partial charge in [-0.1, -0.05) is 0 Å². The summed E-state index contributed by atoms with van der Waals surface area (Å²) in [6.07, 6.45) is 1.12. The van der Waals surface area contributed by atoms with Crippen LogP contribution in [0.4, 0.5) is 0 Å². The molecule has 0 saturated carbocycles. The van der Waals surface area contributed by atoms with E-state index in [1.807, 2.05) is 13.8 Å². The van der Waals surface area contributed by atoms with E-state index in [0.717, 1.165) is 11.8 Å². The molecule has 1 aromatic carbocycles. The van der Waals surface area contributed by atoms with Crippen molar-refractivity contribution >= 4 is 15.7 Å². The molecule has 2 N–H and O–H groups in total. The summed E-state index contributed by atoms with van der Waals surface area (Å²) >= 11 is 0. The molecule has 0 radical (unpaired) electrons. The smallest absolute Gasteiger partial charge is 0.225 e. The molecule has 0 unspecified atom stereocenters. The third-order valence-electron chi connectivity index (χ3n) is 3.04. The molecule has 118 valence electrons. The summed E-state index contributed by atoms with van der Waals surface area (Å²) < 4.78 is 24.7. The van der Waals surface area contributed by atoms with Gasteiger partial charge in [0.25, 0.3) is 0 Å². The number of primary amides is 1. The summed E-state index contributed by atoms with van der Waals surface area (Å²) in [5.74, 6) is 0.426. The van der Waals surface area contributed by atoms with Crippen molar-refractivity contribution in [2.24, 2.45) is 5.73 Å². The van der Waals surface area contributed by atoms with Gasteiger partial charge in [-0.15, -0.1) is 0 Å². The number of rotatable bonds is 5. The fraction of sp³-hybridized carbons (Fsp3) is 0.357. The van der Waals surface area contributed by atoms with Gasteiger partial charge in [-0.25, -0.2) is 18.1 Å². The highest BCUT2D eigenvalue weighted by Crippen LogP contribution is 2.22. The molecule has 0 bridgehead atoms. The van der Waals surface area contributed by atoms with Crippen LogP contribution in [0.15, 0.2) is 29.2 Å². The maximum Gasteiger partial charge on any atom is 0.225 e. The molecule has 0 aliphatic carbocycles. The van der Waals surface area contributed by atoms with Gasteiger partial charge in [-0.05, 0) is 38.1 Å². The van der Waals surface area contributed by atoms with Crippen molar-refractivity contribution in [1.82, 2.24) is 14.8 Å². The standard InChI is InChI=1S/C14H18N4O3S/c1-9(2)18-14(16-13(17-18)8-12(15)19)10-4-6-11(7-5-10)22(3,20)21/h4-7,9H,8H2,1-3H3,(H2,15,19). The first-order valence-electron chi connectivity index (χ1n) is 6.72. The summed E-state index contributed by atoms with van der Waals surface area (Å²) in [7, 11) is -3.24. The Hall–Kier alpha value is -2.22. The van der Waals surface area contributed by atoms with Crippen molar-refractivity contribution in [3.8, 4) is 11.4 Å². The minimum absolute atomic E-state index is 0.0336. The lowest BCUT2D eigenvalue weighted by Gasteiger charge is -2.09. The highest BCUT2D eigenvalue weighted by atomic mass is 32.2. The zero-order valence-electron chi connectivity index (χ0n) is 12.6. The van der Waals surface area contributed by atoms with E-state index in [9.17, 15) is 13.2 Å². The van der Waals surface area contributed by atoms with E-state index in [-0.39, 0.29) is 17.4 Å². The second-order valence-electron chi connectivity index (χ2n) is 5.33. The second-order valence-corrected chi connectivity index (χ2v) is 7.35. The molecule has 2 rings (SSSR count). The van der Waals surface area contributed by atoms with Crippen LogP contribution in [0, 0.1) is 0 Å². The van der Waals surface area contributed by atoms with Crippen LogP contribution in [0.2, 0.25) is 0 Å². The van der Waals surface area contributed by atoms with Crippen LogP contribution in [0.3, 0.4) is 0 Å². The molecular weight excluding hydrogens is 304 g/mol. The molecule has 0 aliphatic heterocycles. The molecule has 7 nitrogen and oxygen atoms in total. The molecule has 0 saturated heterocycles. The average molecular weight is 322 g/mol. The second kappa shape index (κ2) is 5.88. The Balaban J connectivity index is 2.46. The number of amides is 1. The van der Waals surface area contributed by atoms with Crippen LogP contribution in [0.5, 0.6) is 0 Å². The predicted octanol–water partition coefficient (Wildman–Crippen LogP) is 0.957. The van der Waals surface area contributed by atoms with Crippen molar-refractivity contribution in [3.05, 3.63) is 30.1 Å². The zero-order valence-corrected chi connectivity index (χ0v) is 13.5. The molecule has 22 heavy (non-hydrogen) atoms. The maximum atomic E-state index is 11.5. The summed E-state index contributed by atoms with van der Waals surface area (Å²) in [6.45, 7) is 3.88. The first-order chi connectivity index (χ1) is 10.2. The van der Waals surface area contributed by atoms with Crippen LogP contribution < -0.4 is 5.73 Å². The molecule has 1 aromatic heterocycles. The largest absolute Gasteiger partial charge is 0.369 e. The highest BCUT2D eigenvalue weighted by Gasteiger charge is 2.16. The van der Waals surface area contributed by atoms with Crippen LogP contribution in [-0.2, 0) is 21.1 Å². The Labute approximate surface area is 129 Å². The van der Waals surface area contributed by atoms with Gasteiger partial charge in [-0.2, -0.15) is 5.10 Å². The van der Waals surface area contributed by atoms with Gasteiger partial charge in [0.05, 0.1) is 11.3 Å². The Morgan fingerprint density at radius 1 is 1.27 bits per heavy atom. The summed E-state index contributed by atoms with van der Waals surface area (Å²) in [5.41, 5.74) is 5.90. The fourth-order valence-corrected chi connectivity index (χ4v) is 2.64. The molecule has 1 amide bonds. The highest BCUT2D eigenvalue weighted by molar-refractivity contribution is 7.90. The average Bonchev–Trinajstić information content (AvgIpc) is 2.81. The molecule has 0 fully saturated rings. The minimum atomic E-state index is -3.24. The number of nitrogens with zero attached hydrogens (tertiary/aromatic N) is 3. The van der Waals surface area contributed by atoms with Crippen molar-refractivity contribution in [2.45, 2.75) is 31.2 Å². The van der Waals surface area contributed by atoms with Gasteiger partial charge in [0.15, 0.2) is 21.5 Å². The summed E-state index contributed by atoms with van der Waals surface area (Å²) in [5, 5.41) is 4.28. The van der Waals surface area contributed by atoms with Gasteiger partial charge in [0.2, 0.25) is 5.91 Å². The maximum absolute atomic E-state index is 11.5. The topological polar surface area (TPSA) is 108 Å². The lowest BCUT2D eigenvalue weighted by atomic mass is 10.2. The predicted molar refractivity (Wildman–Crippen MR) is 81.9 cm³/mol. The quantitative estimate of drug-likeness (QED) is 0.882. The third-order valence-corrected chi connectivity index (χ3v) is 4.17. The number of hydrogen-bond donors (Lipinski definition) is 1. The van der Waals surface area contributed by atoms with Crippen LogP contribution >= 0.6 is 0 Å². The Morgan fingerprint density at radius 2 is 1.86 bits per heavy atom. The third kappa shape index (κ3) is 3.51. The van der Waals surface area contributed by atoms with E-state index >= 15 is 0 Å². The Bertz CT molecular complexity index is 792. The number of sulfone groups is 1. The van der Waals surface area contributed by atoms with E-state index < -0.39 is 15.7 Å². The number of benzene rings is 1. The molecule has 0 atom stereocenters. The van der Waals surface area contributed by atoms with Crippen LogP contribution in [-0.4, -0.2) is 35.3 Å². The van der Waals surface area contributed by atoms with Crippen molar-refractivity contribution in [1.29, 1.82) is 0 Å². The monoisotopic (exact) mass is 322 g/mol. The lowest BCUT2D eigenvalue weighted by Crippen LogP contribution is -2.15. The Kier molecular flexibility index (Phi) is 4.32. The molecule has 1 heterocycles.